The Hall–Kier alpha value is -1.42. The lowest BCUT2D eigenvalue weighted by atomic mass is 10.1. The summed E-state index contributed by atoms with van der Waals surface area (Å²) in [6, 6.07) is 2.83. The fraction of sp³-hybridized carbons (Fsp3) is 0.429. The summed E-state index contributed by atoms with van der Waals surface area (Å²) in [5.41, 5.74) is 0.686. The summed E-state index contributed by atoms with van der Waals surface area (Å²) < 4.78 is 40.1. The van der Waals surface area contributed by atoms with Gasteiger partial charge in [-0.05, 0) is 31.7 Å². The zero-order chi connectivity index (χ0) is 15.3. The third-order valence-electron chi connectivity index (χ3n) is 2.98. The Morgan fingerprint density at radius 2 is 2.10 bits per heavy atom. The quantitative estimate of drug-likeness (QED) is 0.810. The van der Waals surface area contributed by atoms with Crippen molar-refractivity contribution in [1.82, 2.24) is 9.62 Å². The summed E-state index contributed by atoms with van der Waals surface area (Å²) in [5.74, 6) is 1.77. The second-order valence-electron chi connectivity index (χ2n) is 4.37. The monoisotopic (exact) mass is 298 g/mol. The number of nitrogens with one attached hydrogen (secondary N) is 1. The normalized spacial score (nSPS) is 11.6. The number of halogens is 1. The van der Waals surface area contributed by atoms with Crippen molar-refractivity contribution in [2.75, 3.05) is 20.1 Å². The molecule has 110 valence electrons. The van der Waals surface area contributed by atoms with Crippen LogP contribution in [0.4, 0.5) is 4.39 Å². The van der Waals surface area contributed by atoms with Gasteiger partial charge in [-0.25, -0.2) is 12.8 Å². The molecule has 0 atom stereocenters. The maximum atomic E-state index is 13.9. The van der Waals surface area contributed by atoms with E-state index in [0.717, 1.165) is 4.31 Å². The largest absolute Gasteiger partial charge is 0.316 e. The van der Waals surface area contributed by atoms with E-state index in [1.807, 2.05) is 0 Å². The molecule has 0 bridgehead atoms. The summed E-state index contributed by atoms with van der Waals surface area (Å²) in [4.78, 5) is -0.0279. The van der Waals surface area contributed by atoms with Crippen molar-refractivity contribution in [3.63, 3.8) is 0 Å². The standard InChI is InChI=1S/C14H19FN2O2S/c1-5-7-17(6-2)20(18,19)14-9-12(10-16-4)8-13(15)11(14)3/h1,8-9,16H,6-7,10H2,2-4H3. The van der Waals surface area contributed by atoms with E-state index in [0.29, 0.717) is 12.1 Å². The molecule has 0 aromatic heterocycles. The molecule has 0 aliphatic rings. The maximum absolute atomic E-state index is 13.9. The fourth-order valence-electron chi connectivity index (χ4n) is 1.89. The molecule has 20 heavy (non-hydrogen) atoms. The van der Waals surface area contributed by atoms with Gasteiger partial charge in [-0.2, -0.15) is 4.31 Å². The first kappa shape index (κ1) is 16.6. The van der Waals surface area contributed by atoms with Gasteiger partial charge in [-0.15, -0.1) is 6.42 Å². The van der Waals surface area contributed by atoms with Gasteiger partial charge in [0.1, 0.15) is 5.82 Å². The third-order valence-corrected chi connectivity index (χ3v) is 5.02. The maximum Gasteiger partial charge on any atom is 0.244 e. The molecular formula is C14H19FN2O2S. The second-order valence-corrected chi connectivity index (χ2v) is 6.27. The van der Waals surface area contributed by atoms with Crippen LogP contribution in [0.3, 0.4) is 0 Å². The minimum absolute atomic E-state index is 0.0279. The molecule has 1 rings (SSSR count). The number of benzene rings is 1. The van der Waals surface area contributed by atoms with Crippen LogP contribution in [0.25, 0.3) is 0 Å². The van der Waals surface area contributed by atoms with Crippen LogP contribution in [0.5, 0.6) is 0 Å². The second kappa shape index (κ2) is 6.84. The molecular weight excluding hydrogens is 279 g/mol. The lowest BCUT2D eigenvalue weighted by Crippen LogP contribution is -2.32. The van der Waals surface area contributed by atoms with Crippen molar-refractivity contribution in [2.24, 2.45) is 0 Å². The zero-order valence-electron chi connectivity index (χ0n) is 11.9. The Labute approximate surface area is 120 Å². The summed E-state index contributed by atoms with van der Waals surface area (Å²) in [7, 11) is -2.07. The third kappa shape index (κ3) is 3.37. The van der Waals surface area contributed by atoms with Gasteiger partial charge in [-0.3, -0.25) is 0 Å². The first-order valence-electron chi connectivity index (χ1n) is 6.25. The van der Waals surface area contributed by atoms with Gasteiger partial charge in [0.25, 0.3) is 0 Å². The van der Waals surface area contributed by atoms with Gasteiger partial charge in [0.05, 0.1) is 11.4 Å². The van der Waals surface area contributed by atoms with E-state index in [9.17, 15) is 12.8 Å². The van der Waals surface area contributed by atoms with Gasteiger partial charge in [0.2, 0.25) is 10.0 Å². The Bertz CT molecular complexity index is 621. The van der Waals surface area contributed by atoms with Crippen LogP contribution in [0.15, 0.2) is 17.0 Å². The van der Waals surface area contributed by atoms with Gasteiger partial charge >= 0.3 is 0 Å². The van der Waals surface area contributed by atoms with Gasteiger partial charge in [-0.1, -0.05) is 12.8 Å². The summed E-state index contributed by atoms with van der Waals surface area (Å²) in [6.07, 6.45) is 5.19. The van der Waals surface area contributed by atoms with E-state index in [-0.39, 0.29) is 23.5 Å². The highest BCUT2D eigenvalue weighted by Crippen LogP contribution is 2.23. The lowest BCUT2D eigenvalue weighted by Gasteiger charge is -2.20. The molecule has 0 heterocycles. The predicted molar refractivity (Wildman–Crippen MR) is 77.2 cm³/mol. The van der Waals surface area contributed by atoms with Crippen LogP contribution in [0.1, 0.15) is 18.1 Å². The molecule has 0 saturated carbocycles. The molecule has 0 amide bonds. The minimum atomic E-state index is -3.78. The van der Waals surface area contributed by atoms with Gasteiger partial charge in [0, 0.05) is 18.7 Å². The SMILES string of the molecule is C#CCN(CC)S(=O)(=O)c1cc(CNC)cc(F)c1C. The Balaban J connectivity index is 3.40. The zero-order valence-corrected chi connectivity index (χ0v) is 12.7. The topological polar surface area (TPSA) is 49.4 Å². The van der Waals surface area contributed by atoms with Crippen molar-refractivity contribution in [3.05, 3.63) is 29.1 Å². The molecule has 0 unspecified atom stereocenters. The van der Waals surface area contributed by atoms with Crippen LogP contribution in [-0.2, 0) is 16.6 Å². The molecule has 1 N–H and O–H groups in total. The average Bonchev–Trinajstić information content (AvgIpc) is 2.39. The first-order chi connectivity index (χ1) is 9.38. The van der Waals surface area contributed by atoms with E-state index in [1.165, 1.54) is 19.1 Å². The Morgan fingerprint density at radius 3 is 2.60 bits per heavy atom. The van der Waals surface area contributed by atoms with Crippen LogP contribution in [-0.4, -0.2) is 32.9 Å². The molecule has 0 spiro atoms. The molecule has 0 saturated heterocycles. The molecule has 6 heteroatoms. The van der Waals surface area contributed by atoms with Crippen molar-refractivity contribution in [3.8, 4) is 12.3 Å². The van der Waals surface area contributed by atoms with Gasteiger partial charge < -0.3 is 5.32 Å². The van der Waals surface area contributed by atoms with Crippen LogP contribution in [0, 0.1) is 25.1 Å². The number of terminal acetylenes is 1. The molecule has 0 radical (unpaired) electrons. The van der Waals surface area contributed by atoms with E-state index in [4.69, 9.17) is 6.42 Å². The van der Waals surface area contributed by atoms with Crippen molar-refractivity contribution < 1.29 is 12.8 Å². The smallest absolute Gasteiger partial charge is 0.244 e. The molecule has 4 nitrogen and oxygen atoms in total. The summed E-state index contributed by atoms with van der Waals surface area (Å²) in [5, 5.41) is 2.87. The van der Waals surface area contributed by atoms with Gasteiger partial charge in [0.15, 0.2) is 0 Å². The minimum Gasteiger partial charge on any atom is -0.316 e. The lowest BCUT2D eigenvalue weighted by molar-refractivity contribution is 0.462. The highest BCUT2D eigenvalue weighted by molar-refractivity contribution is 7.89. The van der Waals surface area contributed by atoms with Crippen molar-refractivity contribution in [2.45, 2.75) is 25.3 Å². The van der Waals surface area contributed by atoms with E-state index in [2.05, 4.69) is 11.2 Å². The van der Waals surface area contributed by atoms with E-state index >= 15 is 0 Å². The highest BCUT2D eigenvalue weighted by atomic mass is 32.2. The molecule has 0 aliphatic heterocycles. The molecule has 0 fully saturated rings. The van der Waals surface area contributed by atoms with Crippen molar-refractivity contribution in [1.29, 1.82) is 0 Å². The predicted octanol–water partition coefficient (Wildman–Crippen LogP) is 1.50. The molecule has 1 aromatic rings. The summed E-state index contributed by atoms with van der Waals surface area (Å²) in [6.45, 7) is 3.74. The molecule has 0 aliphatic carbocycles. The average molecular weight is 298 g/mol. The van der Waals surface area contributed by atoms with Crippen LogP contribution >= 0.6 is 0 Å². The van der Waals surface area contributed by atoms with Crippen LogP contribution in [0.2, 0.25) is 0 Å². The van der Waals surface area contributed by atoms with Crippen molar-refractivity contribution >= 4 is 10.0 Å². The number of hydrogen-bond acceptors (Lipinski definition) is 3. The van der Waals surface area contributed by atoms with E-state index < -0.39 is 15.8 Å². The molecule has 1 aromatic carbocycles. The fourth-order valence-corrected chi connectivity index (χ4v) is 3.54. The summed E-state index contributed by atoms with van der Waals surface area (Å²) >= 11 is 0. The Morgan fingerprint density at radius 1 is 1.45 bits per heavy atom. The number of nitrogens with zero attached hydrogens (tertiary/aromatic N) is 1. The number of sulfonamides is 1. The number of rotatable bonds is 6. The van der Waals surface area contributed by atoms with E-state index in [1.54, 1.807) is 14.0 Å². The highest BCUT2D eigenvalue weighted by Gasteiger charge is 2.26. The van der Waals surface area contributed by atoms with Crippen LogP contribution < -0.4 is 5.32 Å². The first-order valence-corrected chi connectivity index (χ1v) is 7.69. The Kier molecular flexibility index (Phi) is 5.69. The number of hydrogen-bond donors (Lipinski definition) is 1.